The molecule has 3 aromatic rings. The lowest BCUT2D eigenvalue weighted by atomic mass is 10.2. The Balaban J connectivity index is 1.50. The second-order valence-corrected chi connectivity index (χ2v) is 6.30. The maximum atomic E-state index is 4.67. The standard InChI is InChI=1S/C17H22N8/c1-4-14-11-17(19-12(2)18-14)24-9-7-23(8-10-24)16-6-5-15-21-20-13(3)25(15)22-16/h5-6,11H,4,7-10H2,1-3H3. The van der Waals surface area contributed by atoms with E-state index in [9.17, 15) is 0 Å². The average Bonchev–Trinajstić information content (AvgIpc) is 3.02. The molecule has 8 heteroatoms. The minimum atomic E-state index is 0.781. The largest absolute Gasteiger partial charge is 0.353 e. The number of aryl methyl sites for hydroxylation is 3. The summed E-state index contributed by atoms with van der Waals surface area (Å²) in [5.41, 5.74) is 1.88. The highest BCUT2D eigenvalue weighted by Gasteiger charge is 2.20. The Morgan fingerprint density at radius 1 is 0.920 bits per heavy atom. The van der Waals surface area contributed by atoms with Crippen LogP contribution in [0.4, 0.5) is 11.6 Å². The van der Waals surface area contributed by atoms with Crippen molar-refractivity contribution in [2.75, 3.05) is 36.0 Å². The van der Waals surface area contributed by atoms with Crippen LogP contribution in [-0.4, -0.2) is 56.0 Å². The van der Waals surface area contributed by atoms with E-state index in [1.807, 2.05) is 26.0 Å². The number of rotatable bonds is 3. The number of hydrogen-bond acceptors (Lipinski definition) is 7. The average molecular weight is 338 g/mol. The van der Waals surface area contributed by atoms with Crippen LogP contribution in [0, 0.1) is 13.8 Å². The van der Waals surface area contributed by atoms with E-state index in [-0.39, 0.29) is 0 Å². The highest BCUT2D eigenvalue weighted by atomic mass is 15.4. The van der Waals surface area contributed by atoms with Gasteiger partial charge < -0.3 is 9.80 Å². The van der Waals surface area contributed by atoms with Gasteiger partial charge in [0.05, 0.1) is 0 Å². The Kier molecular flexibility index (Phi) is 3.95. The summed E-state index contributed by atoms with van der Waals surface area (Å²) >= 11 is 0. The first-order valence-electron chi connectivity index (χ1n) is 8.67. The Labute approximate surface area is 146 Å². The SMILES string of the molecule is CCc1cc(N2CCN(c3ccc4nnc(C)n4n3)CC2)nc(C)n1. The van der Waals surface area contributed by atoms with Crippen LogP contribution in [0.2, 0.25) is 0 Å². The summed E-state index contributed by atoms with van der Waals surface area (Å²) in [4.78, 5) is 13.7. The first-order chi connectivity index (χ1) is 12.1. The summed E-state index contributed by atoms with van der Waals surface area (Å²) in [7, 11) is 0. The Hall–Kier alpha value is -2.77. The van der Waals surface area contributed by atoms with E-state index in [0.29, 0.717) is 0 Å². The predicted octanol–water partition coefficient (Wildman–Crippen LogP) is 1.42. The zero-order valence-corrected chi connectivity index (χ0v) is 14.8. The van der Waals surface area contributed by atoms with Crippen LogP contribution in [0.1, 0.15) is 24.3 Å². The summed E-state index contributed by atoms with van der Waals surface area (Å²) in [5.74, 6) is 3.64. The molecule has 0 amide bonds. The maximum Gasteiger partial charge on any atom is 0.178 e. The van der Waals surface area contributed by atoms with Gasteiger partial charge in [0.2, 0.25) is 0 Å². The minimum absolute atomic E-state index is 0.781. The molecule has 0 aromatic carbocycles. The second kappa shape index (κ2) is 6.27. The monoisotopic (exact) mass is 338 g/mol. The third-order valence-corrected chi connectivity index (χ3v) is 4.57. The molecule has 1 aliphatic heterocycles. The molecule has 0 N–H and O–H groups in total. The van der Waals surface area contributed by atoms with Gasteiger partial charge in [-0.3, -0.25) is 0 Å². The summed E-state index contributed by atoms with van der Waals surface area (Å²) in [6.45, 7) is 9.64. The molecule has 0 unspecified atom stereocenters. The van der Waals surface area contributed by atoms with Gasteiger partial charge in [-0.15, -0.1) is 15.3 Å². The molecule has 0 bridgehead atoms. The third-order valence-electron chi connectivity index (χ3n) is 4.57. The van der Waals surface area contributed by atoms with Gasteiger partial charge in [-0.2, -0.15) is 4.52 Å². The van der Waals surface area contributed by atoms with E-state index in [2.05, 4.69) is 48.1 Å². The molecule has 1 aliphatic rings. The van der Waals surface area contributed by atoms with Gasteiger partial charge in [0, 0.05) is 37.9 Å². The van der Waals surface area contributed by atoms with Crippen molar-refractivity contribution in [3.05, 3.63) is 35.5 Å². The molecule has 0 atom stereocenters. The lowest BCUT2D eigenvalue weighted by Crippen LogP contribution is -2.47. The molecule has 0 saturated carbocycles. The first-order valence-corrected chi connectivity index (χ1v) is 8.67. The number of nitrogens with zero attached hydrogens (tertiary/aromatic N) is 8. The molecule has 1 fully saturated rings. The minimum Gasteiger partial charge on any atom is -0.353 e. The molecule has 0 spiro atoms. The Morgan fingerprint density at radius 3 is 2.36 bits per heavy atom. The van der Waals surface area contributed by atoms with Gasteiger partial charge in [0.15, 0.2) is 11.5 Å². The van der Waals surface area contributed by atoms with Crippen molar-refractivity contribution < 1.29 is 0 Å². The van der Waals surface area contributed by atoms with Crippen molar-refractivity contribution in [3.63, 3.8) is 0 Å². The van der Waals surface area contributed by atoms with Crippen molar-refractivity contribution in [1.29, 1.82) is 0 Å². The van der Waals surface area contributed by atoms with E-state index in [0.717, 1.165) is 67.2 Å². The third kappa shape index (κ3) is 2.99. The molecule has 4 rings (SSSR count). The lowest BCUT2D eigenvalue weighted by molar-refractivity contribution is 0.633. The number of piperazine rings is 1. The van der Waals surface area contributed by atoms with E-state index >= 15 is 0 Å². The number of anilines is 2. The van der Waals surface area contributed by atoms with Crippen molar-refractivity contribution in [1.82, 2.24) is 29.8 Å². The second-order valence-electron chi connectivity index (χ2n) is 6.30. The number of hydrogen-bond donors (Lipinski definition) is 0. The van der Waals surface area contributed by atoms with Crippen molar-refractivity contribution in [3.8, 4) is 0 Å². The highest BCUT2D eigenvalue weighted by molar-refractivity contribution is 5.48. The van der Waals surface area contributed by atoms with Gasteiger partial charge in [0.25, 0.3) is 0 Å². The molecule has 8 nitrogen and oxygen atoms in total. The summed E-state index contributed by atoms with van der Waals surface area (Å²) in [6.07, 6.45) is 0.929. The fraction of sp³-hybridized carbons (Fsp3) is 0.471. The van der Waals surface area contributed by atoms with Crippen LogP contribution in [0.25, 0.3) is 5.65 Å². The van der Waals surface area contributed by atoms with Gasteiger partial charge in [0.1, 0.15) is 17.5 Å². The smallest absolute Gasteiger partial charge is 0.178 e. The number of fused-ring (bicyclic) bond motifs is 1. The van der Waals surface area contributed by atoms with Gasteiger partial charge in [-0.1, -0.05) is 6.92 Å². The quantitative estimate of drug-likeness (QED) is 0.715. The van der Waals surface area contributed by atoms with Crippen LogP contribution >= 0.6 is 0 Å². The molecule has 3 aromatic heterocycles. The molecule has 0 radical (unpaired) electrons. The van der Waals surface area contributed by atoms with Gasteiger partial charge in [-0.25, -0.2) is 9.97 Å². The first kappa shape index (κ1) is 15.7. The molecular weight excluding hydrogens is 316 g/mol. The molecule has 0 aliphatic carbocycles. The highest BCUT2D eigenvalue weighted by Crippen LogP contribution is 2.19. The zero-order valence-electron chi connectivity index (χ0n) is 14.8. The van der Waals surface area contributed by atoms with Crippen molar-refractivity contribution >= 4 is 17.3 Å². The van der Waals surface area contributed by atoms with E-state index in [1.54, 1.807) is 4.52 Å². The van der Waals surface area contributed by atoms with E-state index < -0.39 is 0 Å². The molecule has 1 saturated heterocycles. The zero-order chi connectivity index (χ0) is 17.4. The fourth-order valence-corrected chi connectivity index (χ4v) is 3.18. The maximum absolute atomic E-state index is 4.67. The van der Waals surface area contributed by atoms with Crippen LogP contribution < -0.4 is 9.80 Å². The Morgan fingerprint density at radius 2 is 1.64 bits per heavy atom. The van der Waals surface area contributed by atoms with Gasteiger partial charge in [-0.05, 0) is 32.4 Å². The number of aromatic nitrogens is 6. The van der Waals surface area contributed by atoms with Crippen LogP contribution in [-0.2, 0) is 6.42 Å². The Bertz CT molecular complexity index is 895. The van der Waals surface area contributed by atoms with Crippen LogP contribution in [0.3, 0.4) is 0 Å². The van der Waals surface area contributed by atoms with E-state index in [4.69, 9.17) is 0 Å². The molecule has 4 heterocycles. The van der Waals surface area contributed by atoms with Crippen LogP contribution in [0.15, 0.2) is 18.2 Å². The summed E-state index contributed by atoms with van der Waals surface area (Å²) < 4.78 is 1.79. The lowest BCUT2D eigenvalue weighted by Gasteiger charge is -2.36. The van der Waals surface area contributed by atoms with Crippen LogP contribution in [0.5, 0.6) is 0 Å². The molecule has 25 heavy (non-hydrogen) atoms. The predicted molar refractivity (Wildman–Crippen MR) is 96.1 cm³/mol. The summed E-state index contributed by atoms with van der Waals surface area (Å²) in [5, 5.41) is 12.8. The van der Waals surface area contributed by atoms with Crippen molar-refractivity contribution in [2.45, 2.75) is 27.2 Å². The van der Waals surface area contributed by atoms with Crippen molar-refractivity contribution in [2.24, 2.45) is 0 Å². The molecule has 130 valence electrons. The van der Waals surface area contributed by atoms with E-state index in [1.165, 1.54) is 0 Å². The molecular formula is C17H22N8. The van der Waals surface area contributed by atoms with Gasteiger partial charge >= 0.3 is 0 Å². The normalized spacial score (nSPS) is 15.2. The summed E-state index contributed by atoms with van der Waals surface area (Å²) in [6, 6.07) is 6.09. The topological polar surface area (TPSA) is 75.3 Å². The fourth-order valence-electron chi connectivity index (χ4n) is 3.18.